The molecule has 1 aromatic carbocycles. The fourth-order valence-corrected chi connectivity index (χ4v) is 4.67. The zero-order chi connectivity index (χ0) is 20.1. The van der Waals surface area contributed by atoms with Gasteiger partial charge in [-0.2, -0.15) is 5.10 Å². The smallest absolute Gasteiger partial charge is 0.228 e. The predicted octanol–water partition coefficient (Wildman–Crippen LogP) is 4.75. The summed E-state index contributed by atoms with van der Waals surface area (Å²) < 4.78 is 2.04. The van der Waals surface area contributed by atoms with Crippen molar-refractivity contribution in [3.63, 3.8) is 0 Å². The molecule has 0 unspecified atom stereocenters. The molecule has 1 amide bonds. The van der Waals surface area contributed by atoms with E-state index in [1.54, 1.807) is 0 Å². The molecule has 0 radical (unpaired) electrons. The Morgan fingerprint density at radius 3 is 2.55 bits per heavy atom. The minimum atomic E-state index is 0.170. The van der Waals surface area contributed by atoms with Crippen LogP contribution >= 0.6 is 0 Å². The van der Waals surface area contributed by atoms with Gasteiger partial charge in [0.05, 0.1) is 12.2 Å². The van der Waals surface area contributed by atoms with Gasteiger partial charge in [-0.15, -0.1) is 0 Å². The van der Waals surface area contributed by atoms with Crippen molar-refractivity contribution in [1.82, 2.24) is 14.7 Å². The summed E-state index contributed by atoms with van der Waals surface area (Å²) in [5.74, 6) is 1.21. The molecule has 5 heteroatoms. The highest BCUT2D eigenvalue weighted by Gasteiger charge is 2.26. The lowest BCUT2D eigenvalue weighted by Crippen LogP contribution is -2.36. The lowest BCUT2D eigenvalue weighted by atomic mass is 10.0. The van der Waals surface area contributed by atoms with Crippen LogP contribution in [0.4, 0.5) is 5.82 Å². The Bertz CT molecular complexity index is 828. The third-order valence-corrected chi connectivity index (χ3v) is 6.24. The number of benzene rings is 1. The molecule has 2 fully saturated rings. The number of amides is 1. The van der Waals surface area contributed by atoms with E-state index in [0.29, 0.717) is 6.04 Å². The van der Waals surface area contributed by atoms with Crippen molar-refractivity contribution in [2.24, 2.45) is 5.92 Å². The van der Waals surface area contributed by atoms with E-state index >= 15 is 0 Å². The van der Waals surface area contributed by atoms with Gasteiger partial charge in [-0.3, -0.25) is 9.69 Å². The summed E-state index contributed by atoms with van der Waals surface area (Å²) in [6.07, 6.45) is 10.6. The van der Waals surface area contributed by atoms with Gasteiger partial charge >= 0.3 is 0 Å². The third kappa shape index (κ3) is 5.15. The number of hydrogen-bond acceptors (Lipinski definition) is 3. The molecular formula is C24H32N4O. The van der Waals surface area contributed by atoms with Crippen LogP contribution in [0.15, 0.2) is 48.2 Å². The molecular weight excluding hydrogens is 360 g/mol. The highest BCUT2D eigenvalue weighted by molar-refractivity contribution is 5.91. The highest BCUT2D eigenvalue weighted by atomic mass is 16.2. The lowest BCUT2D eigenvalue weighted by molar-refractivity contribution is -0.119. The molecule has 2 aliphatic rings. The summed E-state index contributed by atoms with van der Waals surface area (Å²) >= 11 is 0. The van der Waals surface area contributed by atoms with Gasteiger partial charge in [0.2, 0.25) is 5.91 Å². The number of piperidine rings is 1. The number of nitrogens with zero attached hydrogens (tertiary/aromatic N) is 3. The Balaban J connectivity index is 1.30. The number of hydrogen-bond donors (Lipinski definition) is 1. The van der Waals surface area contributed by atoms with E-state index in [1.165, 1.54) is 24.0 Å². The van der Waals surface area contributed by atoms with Gasteiger partial charge in [-0.05, 0) is 38.2 Å². The molecule has 5 nitrogen and oxygen atoms in total. The van der Waals surface area contributed by atoms with E-state index < -0.39 is 0 Å². The number of carbonyl (C=O) groups is 1. The predicted molar refractivity (Wildman–Crippen MR) is 118 cm³/mol. The van der Waals surface area contributed by atoms with E-state index in [1.807, 2.05) is 16.9 Å². The van der Waals surface area contributed by atoms with Crippen molar-refractivity contribution in [2.75, 3.05) is 25.0 Å². The van der Waals surface area contributed by atoms with Crippen LogP contribution in [0.2, 0.25) is 0 Å². The van der Waals surface area contributed by atoms with Crippen LogP contribution in [-0.4, -0.2) is 40.2 Å². The second-order valence-electron chi connectivity index (χ2n) is 8.54. The maximum Gasteiger partial charge on any atom is 0.228 e. The van der Waals surface area contributed by atoms with Crippen molar-refractivity contribution in [1.29, 1.82) is 0 Å². The molecule has 1 N–H and O–H groups in total. The van der Waals surface area contributed by atoms with Crippen molar-refractivity contribution < 1.29 is 4.79 Å². The molecule has 154 valence electrons. The van der Waals surface area contributed by atoms with Gasteiger partial charge in [0, 0.05) is 31.6 Å². The van der Waals surface area contributed by atoms with E-state index in [4.69, 9.17) is 0 Å². The summed E-state index contributed by atoms with van der Waals surface area (Å²) in [5.41, 5.74) is 2.65. The number of likely N-dealkylation sites (tertiary alicyclic amines) is 1. The first kappa shape index (κ1) is 19.9. The average molecular weight is 393 g/mol. The van der Waals surface area contributed by atoms with Crippen LogP contribution in [0.1, 0.15) is 57.1 Å². The summed E-state index contributed by atoms with van der Waals surface area (Å²) in [6.45, 7) is 5.33. The zero-order valence-electron chi connectivity index (χ0n) is 17.4. The number of aromatic nitrogens is 2. The lowest BCUT2D eigenvalue weighted by Gasteiger charge is -2.33. The normalized spacial score (nSPS) is 19.6. The van der Waals surface area contributed by atoms with E-state index in [2.05, 4.69) is 58.6 Å². The number of nitrogens with one attached hydrogen (secondary N) is 1. The van der Waals surface area contributed by atoms with Crippen LogP contribution in [0.5, 0.6) is 0 Å². The minimum Gasteiger partial charge on any atom is -0.311 e. The maximum absolute atomic E-state index is 12.5. The van der Waals surface area contributed by atoms with Crippen LogP contribution in [0.25, 0.3) is 6.08 Å². The fourth-order valence-electron chi connectivity index (χ4n) is 4.67. The zero-order valence-corrected chi connectivity index (χ0v) is 17.4. The van der Waals surface area contributed by atoms with Crippen molar-refractivity contribution in [3.05, 3.63) is 53.7 Å². The van der Waals surface area contributed by atoms with Crippen LogP contribution in [0.3, 0.4) is 0 Å². The molecule has 1 aliphatic carbocycles. The maximum atomic E-state index is 12.5. The Morgan fingerprint density at radius 1 is 1.10 bits per heavy atom. The molecule has 2 aromatic rings. The molecule has 1 saturated heterocycles. The van der Waals surface area contributed by atoms with Gasteiger partial charge in [-0.25, -0.2) is 4.68 Å². The molecule has 0 atom stereocenters. The minimum absolute atomic E-state index is 0.170. The quantitative estimate of drug-likeness (QED) is 0.772. The molecule has 1 saturated carbocycles. The highest BCUT2D eigenvalue weighted by Crippen LogP contribution is 2.28. The Morgan fingerprint density at radius 2 is 1.83 bits per heavy atom. The first-order valence-electron chi connectivity index (χ1n) is 11.0. The molecule has 29 heavy (non-hydrogen) atoms. The third-order valence-electron chi connectivity index (χ3n) is 6.24. The number of anilines is 1. The molecule has 0 spiro atoms. The van der Waals surface area contributed by atoms with Gasteiger partial charge < -0.3 is 5.32 Å². The summed E-state index contributed by atoms with van der Waals surface area (Å²) in [4.78, 5) is 15.0. The van der Waals surface area contributed by atoms with Gasteiger partial charge in [0.25, 0.3) is 0 Å². The first-order chi connectivity index (χ1) is 14.2. The summed E-state index contributed by atoms with van der Waals surface area (Å²) in [6, 6.07) is 12.8. The first-order valence-corrected chi connectivity index (χ1v) is 11.0. The monoisotopic (exact) mass is 392 g/mol. The second-order valence-corrected chi connectivity index (χ2v) is 8.54. The topological polar surface area (TPSA) is 50.2 Å². The number of carbonyl (C=O) groups excluding carboxylic acids is 1. The average Bonchev–Trinajstić information content (AvgIpc) is 3.41. The Labute approximate surface area is 173 Å². The van der Waals surface area contributed by atoms with E-state index in [9.17, 15) is 4.79 Å². The van der Waals surface area contributed by atoms with Gasteiger partial charge in [-0.1, -0.05) is 54.8 Å². The van der Waals surface area contributed by atoms with E-state index in [-0.39, 0.29) is 11.8 Å². The van der Waals surface area contributed by atoms with Crippen molar-refractivity contribution in [2.45, 2.75) is 51.5 Å². The van der Waals surface area contributed by atoms with Gasteiger partial charge in [0.15, 0.2) is 0 Å². The SMILES string of the molecule is C/C(=C\c1ccccc1)CN1CCC(n2nccc2NC(=O)C2CCCC2)CC1. The molecule has 1 aromatic heterocycles. The van der Waals surface area contributed by atoms with Crippen molar-refractivity contribution in [3.8, 4) is 0 Å². The summed E-state index contributed by atoms with van der Waals surface area (Å²) in [7, 11) is 0. The summed E-state index contributed by atoms with van der Waals surface area (Å²) in [5, 5.41) is 7.67. The standard InChI is InChI=1S/C24H32N4O/c1-19(17-20-7-3-2-4-8-20)18-27-15-12-22(13-16-27)28-23(11-14-25-28)26-24(29)21-9-5-6-10-21/h2-4,7-8,11,14,17,21-22H,5-6,9-10,12-13,15-16,18H2,1H3,(H,26,29)/b19-17+. The number of rotatable bonds is 6. The van der Waals surface area contributed by atoms with E-state index in [0.717, 1.165) is 51.1 Å². The van der Waals surface area contributed by atoms with Crippen LogP contribution in [-0.2, 0) is 4.79 Å². The molecule has 2 heterocycles. The van der Waals surface area contributed by atoms with Crippen LogP contribution < -0.4 is 5.32 Å². The van der Waals surface area contributed by atoms with Gasteiger partial charge in [0.1, 0.15) is 5.82 Å². The fraction of sp³-hybridized carbons (Fsp3) is 0.500. The Hall–Kier alpha value is -2.40. The van der Waals surface area contributed by atoms with Crippen LogP contribution in [0, 0.1) is 5.92 Å². The molecule has 4 rings (SSSR count). The molecule has 1 aliphatic heterocycles. The largest absolute Gasteiger partial charge is 0.311 e. The second kappa shape index (κ2) is 9.40. The Kier molecular flexibility index (Phi) is 6.45. The molecule has 0 bridgehead atoms. The van der Waals surface area contributed by atoms with Crippen molar-refractivity contribution >= 4 is 17.8 Å².